The van der Waals surface area contributed by atoms with Crippen LogP contribution in [0.4, 0.5) is 21.9 Å². The summed E-state index contributed by atoms with van der Waals surface area (Å²) in [7, 11) is 3.08. The normalized spacial score (nSPS) is 10.6. The summed E-state index contributed by atoms with van der Waals surface area (Å²) in [5.74, 6) is 0.467. The van der Waals surface area contributed by atoms with E-state index in [-0.39, 0.29) is 17.3 Å². The van der Waals surface area contributed by atoms with Crippen molar-refractivity contribution in [2.75, 3.05) is 17.7 Å². The van der Waals surface area contributed by atoms with Crippen molar-refractivity contribution < 1.29 is 14.3 Å². The molecule has 31 heavy (non-hydrogen) atoms. The number of carbonyl (C=O) groups is 2. The van der Waals surface area contributed by atoms with Crippen LogP contribution in [0.3, 0.4) is 0 Å². The lowest BCUT2D eigenvalue weighted by molar-refractivity contribution is 0.0954. The summed E-state index contributed by atoms with van der Waals surface area (Å²) >= 11 is 0. The number of nitrogens with zero attached hydrogens (tertiary/aromatic N) is 6. The van der Waals surface area contributed by atoms with Gasteiger partial charge in [0.1, 0.15) is 23.5 Å². The molecule has 3 rings (SSSR count). The zero-order chi connectivity index (χ0) is 22.4. The first-order valence-electron chi connectivity index (χ1n) is 9.48. The fourth-order valence-corrected chi connectivity index (χ4v) is 2.69. The van der Waals surface area contributed by atoms with Crippen LogP contribution >= 0.6 is 0 Å². The Kier molecular flexibility index (Phi) is 6.70. The molecule has 2 amide bonds. The van der Waals surface area contributed by atoms with E-state index >= 15 is 0 Å². The number of nitrogens with one attached hydrogen (secondary N) is 3. The van der Waals surface area contributed by atoms with Gasteiger partial charge in [-0.05, 0) is 5.92 Å². The molecule has 12 heteroatoms. The molecule has 0 saturated carbocycles. The maximum absolute atomic E-state index is 12.6. The minimum absolute atomic E-state index is 0.0254. The van der Waals surface area contributed by atoms with Crippen molar-refractivity contribution in [1.29, 1.82) is 0 Å². The lowest BCUT2D eigenvalue weighted by Gasteiger charge is -2.13. The molecular formula is C19H23N9O3. The van der Waals surface area contributed by atoms with E-state index < -0.39 is 12.0 Å². The molecule has 0 spiro atoms. The fraction of sp³-hybridized carbons (Fsp3) is 0.316. The molecule has 0 aliphatic heterocycles. The van der Waals surface area contributed by atoms with Gasteiger partial charge in [0, 0.05) is 20.5 Å². The molecule has 0 fully saturated rings. The van der Waals surface area contributed by atoms with Crippen molar-refractivity contribution in [3.63, 3.8) is 0 Å². The summed E-state index contributed by atoms with van der Waals surface area (Å²) in [6, 6.07) is 0. The summed E-state index contributed by atoms with van der Waals surface area (Å²) < 4.78 is 6.80. The molecule has 0 aromatic carbocycles. The minimum atomic E-state index is -0.834. The first kappa shape index (κ1) is 21.6. The van der Waals surface area contributed by atoms with E-state index in [1.807, 2.05) is 13.8 Å². The van der Waals surface area contributed by atoms with Gasteiger partial charge in [0.25, 0.3) is 11.8 Å². The summed E-state index contributed by atoms with van der Waals surface area (Å²) in [5, 5.41) is 12.1. The van der Waals surface area contributed by atoms with E-state index in [1.165, 1.54) is 30.5 Å². The van der Waals surface area contributed by atoms with Crippen molar-refractivity contribution in [2.24, 2.45) is 13.0 Å². The van der Waals surface area contributed by atoms with Gasteiger partial charge in [0.15, 0.2) is 0 Å². The number of hydrogen-bond donors (Lipinski definition) is 3. The molecule has 0 aliphatic rings. The van der Waals surface area contributed by atoms with Crippen molar-refractivity contribution in [3.8, 4) is 5.88 Å². The van der Waals surface area contributed by atoms with Gasteiger partial charge in [0.05, 0.1) is 36.2 Å². The van der Waals surface area contributed by atoms with E-state index in [2.05, 4.69) is 41.0 Å². The Hall–Kier alpha value is -4.09. The molecule has 3 N–H and O–H groups in total. The Balaban J connectivity index is 1.84. The molecule has 0 radical (unpaired) electrons. The van der Waals surface area contributed by atoms with Crippen LogP contribution in [-0.4, -0.2) is 48.8 Å². The third kappa shape index (κ3) is 5.50. The summed E-state index contributed by atoms with van der Waals surface area (Å²) in [4.78, 5) is 41.2. The first-order valence-corrected chi connectivity index (χ1v) is 9.48. The van der Waals surface area contributed by atoms with Gasteiger partial charge in [-0.15, -0.1) is 0 Å². The van der Waals surface area contributed by atoms with Gasteiger partial charge in [-0.1, -0.05) is 13.8 Å². The Labute approximate surface area is 178 Å². The number of aromatic nitrogens is 6. The highest BCUT2D eigenvalue weighted by atomic mass is 16.6. The summed E-state index contributed by atoms with van der Waals surface area (Å²) in [6.45, 7) is 4.07. The van der Waals surface area contributed by atoms with Crippen molar-refractivity contribution in [3.05, 3.63) is 42.6 Å². The predicted molar refractivity (Wildman–Crippen MR) is 112 cm³/mol. The number of hydrogen-bond acceptors (Lipinski definition) is 9. The van der Waals surface area contributed by atoms with Crippen LogP contribution in [0.1, 0.15) is 30.2 Å². The summed E-state index contributed by atoms with van der Waals surface area (Å²) in [5.41, 5.74) is 1.31. The molecule has 0 aliphatic carbocycles. The first-order chi connectivity index (χ1) is 14.9. The second-order valence-electron chi connectivity index (χ2n) is 6.98. The van der Waals surface area contributed by atoms with Gasteiger partial charge in [-0.3, -0.25) is 14.8 Å². The number of rotatable bonds is 7. The van der Waals surface area contributed by atoms with Gasteiger partial charge in [-0.2, -0.15) is 10.1 Å². The monoisotopic (exact) mass is 425 g/mol. The van der Waals surface area contributed by atoms with Crippen LogP contribution in [0.5, 0.6) is 5.88 Å². The number of carbonyl (C=O) groups excluding carboxylic acids is 2. The second kappa shape index (κ2) is 9.61. The topological polar surface area (TPSA) is 149 Å². The molecule has 162 valence electrons. The molecule has 0 saturated heterocycles. The Morgan fingerprint density at radius 2 is 1.87 bits per heavy atom. The van der Waals surface area contributed by atoms with Crippen LogP contribution in [0.15, 0.2) is 31.1 Å². The zero-order valence-electron chi connectivity index (χ0n) is 17.6. The van der Waals surface area contributed by atoms with Crippen molar-refractivity contribution in [2.45, 2.75) is 20.3 Å². The van der Waals surface area contributed by atoms with Crippen LogP contribution in [-0.2, 0) is 13.5 Å². The molecule has 0 unspecified atom stereocenters. The highest BCUT2D eigenvalue weighted by Gasteiger charge is 2.20. The number of anilines is 3. The number of aryl methyl sites for hydroxylation is 1. The third-order valence-electron chi connectivity index (χ3n) is 4.04. The van der Waals surface area contributed by atoms with Crippen LogP contribution in [0.2, 0.25) is 0 Å². The van der Waals surface area contributed by atoms with Gasteiger partial charge >= 0.3 is 6.09 Å². The largest absolute Gasteiger partial charge is 0.418 e. The molecule has 3 heterocycles. The predicted octanol–water partition coefficient (Wildman–Crippen LogP) is 1.91. The minimum Gasteiger partial charge on any atom is -0.389 e. The Morgan fingerprint density at radius 1 is 1.13 bits per heavy atom. The number of amides is 2. The van der Waals surface area contributed by atoms with Crippen molar-refractivity contribution >= 4 is 29.1 Å². The lowest BCUT2D eigenvalue weighted by atomic mass is 10.1. The Morgan fingerprint density at radius 3 is 2.55 bits per heavy atom. The summed E-state index contributed by atoms with van der Waals surface area (Å²) in [6.07, 6.45) is 7.18. The van der Waals surface area contributed by atoms with E-state index in [0.717, 1.165) is 0 Å². The SMILES string of the molecule is CNC(=O)c1c(NC(=O)Oc2nc(CC(C)C)ncc2Nc2cncnc2)cnn1C. The van der Waals surface area contributed by atoms with Crippen LogP contribution < -0.4 is 20.7 Å². The van der Waals surface area contributed by atoms with E-state index in [9.17, 15) is 9.59 Å². The highest BCUT2D eigenvalue weighted by molar-refractivity contribution is 6.01. The van der Waals surface area contributed by atoms with E-state index in [4.69, 9.17) is 4.74 Å². The van der Waals surface area contributed by atoms with Crippen LogP contribution in [0.25, 0.3) is 0 Å². The standard InChI is InChI=1S/C19H23N9O3/c1-11(2)5-15-23-8-14(25-12-6-21-10-22-7-12)18(27-15)31-19(30)26-13-9-24-28(4)16(13)17(29)20-3/h6-11,25H,5H2,1-4H3,(H,20,29)(H,26,30). The average molecular weight is 425 g/mol. The van der Waals surface area contributed by atoms with E-state index in [1.54, 1.807) is 19.4 Å². The molecule has 0 bridgehead atoms. The highest BCUT2D eigenvalue weighted by Crippen LogP contribution is 2.26. The third-order valence-corrected chi connectivity index (χ3v) is 4.04. The van der Waals surface area contributed by atoms with Crippen LogP contribution in [0, 0.1) is 5.92 Å². The number of ether oxygens (including phenoxy) is 1. The average Bonchev–Trinajstić information content (AvgIpc) is 3.09. The van der Waals surface area contributed by atoms with Gasteiger partial charge in [0.2, 0.25) is 0 Å². The second-order valence-corrected chi connectivity index (χ2v) is 6.98. The molecule has 3 aromatic rings. The van der Waals surface area contributed by atoms with Gasteiger partial charge < -0.3 is 15.4 Å². The Bertz CT molecular complexity index is 1070. The molecule has 3 aromatic heterocycles. The molecular weight excluding hydrogens is 402 g/mol. The smallest absolute Gasteiger partial charge is 0.389 e. The quantitative estimate of drug-likeness (QED) is 0.516. The maximum Gasteiger partial charge on any atom is 0.418 e. The molecule has 12 nitrogen and oxygen atoms in total. The van der Waals surface area contributed by atoms with Crippen molar-refractivity contribution in [1.82, 2.24) is 35.0 Å². The fourth-order valence-electron chi connectivity index (χ4n) is 2.69. The lowest BCUT2D eigenvalue weighted by Crippen LogP contribution is -2.25. The zero-order valence-corrected chi connectivity index (χ0v) is 17.6. The van der Waals surface area contributed by atoms with E-state index in [0.29, 0.717) is 29.5 Å². The van der Waals surface area contributed by atoms with Gasteiger partial charge in [-0.25, -0.2) is 19.7 Å². The maximum atomic E-state index is 12.6. The molecule has 0 atom stereocenters.